The van der Waals surface area contributed by atoms with Gasteiger partial charge in [0.1, 0.15) is 0 Å². The van der Waals surface area contributed by atoms with E-state index < -0.39 is 0 Å². The van der Waals surface area contributed by atoms with E-state index in [0.717, 1.165) is 43.1 Å². The molecule has 0 aliphatic carbocycles. The molecule has 1 fully saturated rings. The topological polar surface area (TPSA) is 35.6 Å². The van der Waals surface area contributed by atoms with Crippen molar-refractivity contribution in [2.75, 3.05) is 33.7 Å². The van der Waals surface area contributed by atoms with Gasteiger partial charge in [0.25, 0.3) is 0 Å². The third kappa shape index (κ3) is 5.79. The van der Waals surface area contributed by atoms with Crippen LogP contribution in [0.25, 0.3) is 0 Å². The van der Waals surface area contributed by atoms with Crippen LogP contribution in [-0.4, -0.2) is 55.5 Å². The molecule has 128 valence electrons. The van der Waals surface area contributed by atoms with Crippen LogP contribution in [0.3, 0.4) is 0 Å². The van der Waals surface area contributed by atoms with Gasteiger partial charge in [0.2, 0.25) is 5.91 Å². The Labute approximate surface area is 144 Å². The first-order valence-electron chi connectivity index (χ1n) is 8.37. The molecule has 1 saturated heterocycles. The summed E-state index contributed by atoms with van der Waals surface area (Å²) in [6.07, 6.45) is 1.85. The number of benzene rings is 1. The first kappa shape index (κ1) is 18.2. The number of carbonyl (C=O) groups excluding carboxylic acids is 1. The fraction of sp³-hybridized carbons (Fsp3) is 0.611. The summed E-state index contributed by atoms with van der Waals surface area (Å²) in [5, 5.41) is 4.14. The van der Waals surface area contributed by atoms with Gasteiger partial charge in [-0.05, 0) is 58.1 Å². The number of amides is 1. The predicted octanol–water partition coefficient (Wildman–Crippen LogP) is 2.62. The maximum absolute atomic E-state index is 13.0. The van der Waals surface area contributed by atoms with Crippen molar-refractivity contribution in [2.45, 2.75) is 32.4 Å². The number of likely N-dealkylation sites (N-methyl/N-ethyl adjacent to an activating group) is 1. The highest BCUT2D eigenvalue weighted by atomic mass is 35.5. The Morgan fingerprint density at radius 1 is 1.35 bits per heavy atom. The molecule has 1 heterocycles. The standard InChI is InChI=1S/C18H28ClN3O/c1-14-11-16(7-8-20-14)18(23)22(10-9-21(2)3)13-15-5-4-6-17(19)12-15/h4-6,12,14,16,20H,7-11,13H2,1-3H3/t14-,16-/m0/s1. The lowest BCUT2D eigenvalue weighted by Gasteiger charge is -2.33. The fourth-order valence-corrected chi connectivity index (χ4v) is 3.27. The normalized spacial score (nSPS) is 21.4. The van der Waals surface area contributed by atoms with Crippen LogP contribution in [0.1, 0.15) is 25.3 Å². The maximum Gasteiger partial charge on any atom is 0.226 e. The van der Waals surface area contributed by atoms with E-state index in [1.54, 1.807) is 0 Å². The molecule has 1 amide bonds. The van der Waals surface area contributed by atoms with Crippen molar-refractivity contribution >= 4 is 17.5 Å². The van der Waals surface area contributed by atoms with Crippen molar-refractivity contribution in [3.8, 4) is 0 Å². The van der Waals surface area contributed by atoms with E-state index in [0.29, 0.717) is 12.6 Å². The predicted molar refractivity (Wildman–Crippen MR) is 95.6 cm³/mol. The highest BCUT2D eigenvalue weighted by Crippen LogP contribution is 2.21. The van der Waals surface area contributed by atoms with Crippen LogP contribution >= 0.6 is 11.6 Å². The maximum atomic E-state index is 13.0. The third-order valence-electron chi connectivity index (χ3n) is 4.36. The Bertz CT molecular complexity index is 521. The Kier molecular flexibility index (Phi) is 6.88. The minimum absolute atomic E-state index is 0.132. The first-order valence-corrected chi connectivity index (χ1v) is 8.75. The van der Waals surface area contributed by atoms with Crippen LogP contribution in [0.15, 0.2) is 24.3 Å². The lowest BCUT2D eigenvalue weighted by molar-refractivity contribution is -0.137. The molecule has 0 unspecified atom stereocenters. The summed E-state index contributed by atoms with van der Waals surface area (Å²) >= 11 is 6.08. The van der Waals surface area contributed by atoms with E-state index in [4.69, 9.17) is 11.6 Å². The minimum Gasteiger partial charge on any atom is -0.337 e. The third-order valence-corrected chi connectivity index (χ3v) is 4.60. The molecule has 1 aromatic carbocycles. The number of nitrogens with zero attached hydrogens (tertiary/aromatic N) is 2. The van der Waals surface area contributed by atoms with Gasteiger partial charge >= 0.3 is 0 Å². The smallest absolute Gasteiger partial charge is 0.226 e. The van der Waals surface area contributed by atoms with Gasteiger partial charge in [0.15, 0.2) is 0 Å². The van der Waals surface area contributed by atoms with Crippen molar-refractivity contribution < 1.29 is 4.79 Å². The summed E-state index contributed by atoms with van der Waals surface area (Å²) in [4.78, 5) is 17.1. The van der Waals surface area contributed by atoms with Gasteiger partial charge in [-0.2, -0.15) is 0 Å². The van der Waals surface area contributed by atoms with Gasteiger partial charge in [0.05, 0.1) is 0 Å². The highest BCUT2D eigenvalue weighted by molar-refractivity contribution is 6.30. The zero-order valence-electron chi connectivity index (χ0n) is 14.4. The molecule has 1 aromatic rings. The van der Waals surface area contributed by atoms with E-state index in [1.807, 2.05) is 43.3 Å². The van der Waals surface area contributed by atoms with E-state index in [-0.39, 0.29) is 11.8 Å². The van der Waals surface area contributed by atoms with Crippen LogP contribution in [0.4, 0.5) is 0 Å². The first-order chi connectivity index (χ1) is 11.0. The Morgan fingerprint density at radius 3 is 2.78 bits per heavy atom. The zero-order chi connectivity index (χ0) is 16.8. The SMILES string of the molecule is C[C@H]1C[C@@H](C(=O)N(CCN(C)C)Cc2cccc(Cl)c2)CCN1. The molecule has 2 rings (SSSR count). The Hall–Kier alpha value is -1.10. The quantitative estimate of drug-likeness (QED) is 0.866. The molecule has 1 aliphatic rings. The molecule has 0 radical (unpaired) electrons. The summed E-state index contributed by atoms with van der Waals surface area (Å²) in [5.74, 6) is 0.410. The largest absolute Gasteiger partial charge is 0.337 e. The number of halogens is 1. The monoisotopic (exact) mass is 337 g/mol. The summed E-state index contributed by atoms with van der Waals surface area (Å²) in [7, 11) is 4.07. The lowest BCUT2D eigenvalue weighted by Crippen LogP contribution is -2.45. The molecule has 0 spiro atoms. The molecule has 4 nitrogen and oxygen atoms in total. The second-order valence-corrected chi connectivity index (χ2v) is 7.21. The molecule has 0 aromatic heterocycles. The van der Waals surface area contributed by atoms with E-state index >= 15 is 0 Å². The van der Waals surface area contributed by atoms with Crippen LogP contribution < -0.4 is 5.32 Å². The Balaban J connectivity index is 2.07. The van der Waals surface area contributed by atoms with Gasteiger partial charge < -0.3 is 15.1 Å². The van der Waals surface area contributed by atoms with Crippen LogP contribution in [0, 0.1) is 5.92 Å². The van der Waals surface area contributed by atoms with Crippen molar-refractivity contribution in [2.24, 2.45) is 5.92 Å². The van der Waals surface area contributed by atoms with Crippen molar-refractivity contribution in [1.82, 2.24) is 15.1 Å². The molecule has 2 atom stereocenters. The molecule has 0 bridgehead atoms. The average molecular weight is 338 g/mol. The number of hydrogen-bond donors (Lipinski definition) is 1. The highest BCUT2D eigenvalue weighted by Gasteiger charge is 2.28. The number of piperidine rings is 1. The molecule has 0 saturated carbocycles. The van der Waals surface area contributed by atoms with Gasteiger partial charge in [-0.15, -0.1) is 0 Å². The van der Waals surface area contributed by atoms with Crippen molar-refractivity contribution in [3.63, 3.8) is 0 Å². The van der Waals surface area contributed by atoms with Crippen LogP contribution in [-0.2, 0) is 11.3 Å². The molecule has 23 heavy (non-hydrogen) atoms. The summed E-state index contributed by atoms with van der Waals surface area (Å²) in [5.41, 5.74) is 1.09. The minimum atomic E-state index is 0.132. The van der Waals surface area contributed by atoms with E-state index in [9.17, 15) is 4.79 Å². The van der Waals surface area contributed by atoms with Gasteiger partial charge in [-0.3, -0.25) is 4.79 Å². The molecular formula is C18H28ClN3O. The van der Waals surface area contributed by atoms with Crippen molar-refractivity contribution in [1.29, 1.82) is 0 Å². The summed E-state index contributed by atoms with van der Waals surface area (Å²) in [6, 6.07) is 8.21. The number of hydrogen-bond acceptors (Lipinski definition) is 3. The van der Waals surface area contributed by atoms with E-state index in [1.165, 1.54) is 0 Å². The van der Waals surface area contributed by atoms with E-state index in [2.05, 4.69) is 17.1 Å². The fourth-order valence-electron chi connectivity index (χ4n) is 3.06. The molecule has 5 heteroatoms. The second-order valence-electron chi connectivity index (χ2n) is 6.77. The number of carbonyl (C=O) groups is 1. The number of rotatable bonds is 6. The molecule has 1 N–H and O–H groups in total. The zero-order valence-corrected chi connectivity index (χ0v) is 15.1. The van der Waals surface area contributed by atoms with Gasteiger partial charge in [-0.25, -0.2) is 0 Å². The van der Waals surface area contributed by atoms with Crippen LogP contribution in [0.5, 0.6) is 0 Å². The number of nitrogens with one attached hydrogen (secondary N) is 1. The molecule has 1 aliphatic heterocycles. The molecular weight excluding hydrogens is 310 g/mol. The van der Waals surface area contributed by atoms with Gasteiger partial charge in [-0.1, -0.05) is 23.7 Å². The summed E-state index contributed by atoms with van der Waals surface area (Å²) in [6.45, 7) is 5.33. The second kappa shape index (κ2) is 8.67. The van der Waals surface area contributed by atoms with Crippen LogP contribution in [0.2, 0.25) is 5.02 Å². The van der Waals surface area contributed by atoms with Crippen molar-refractivity contribution in [3.05, 3.63) is 34.9 Å². The van der Waals surface area contributed by atoms with Gasteiger partial charge in [0, 0.05) is 36.6 Å². The lowest BCUT2D eigenvalue weighted by atomic mass is 9.92. The summed E-state index contributed by atoms with van der Waals surface area (Å²) < 4.78 is 0. The Morgan fingerprint density at radius 2 is 2.13 bits per heavy atom. The average Bonchev–Trinajstić information content (AvgIpc) is 2.50.